The molecule has 0 unspecified atom stereocenters. The minimum Gasteiger partial charge on any atom is -0.489 e. The Hall–Kier alpha value is -5.21. The predicted octanol–water partition coefficient (Wildman–Crippen LogP) is 4.08. The lowest BCUT2D eigenvalue weighted by atomic mass is 9.92. The Balaban J connectivity index is 1.37. The fourth-order valence-corrected chi connectivity index (χ4v) is 5.08. The number of halogens is 3. The smallest absolute Gasteiger partial charge is 0.422 e. The van der Waals surface area contributed by atoms with Crippen molar-refractivity contribution in [3.63, 3.8) is 0 Å². The van der Waals surface area contributed by atoms with Gasteiger partial charge >= 0.3 is 24.0 Å². The standard InChI is InChI=1S/C35H40F3N7O5/c1-22-17-45(31(48)30(47)39-15-24-4-5-24)20-34(2,3)19-41-29(46)26-10-6-23(7-11-26)14-28-42-32(44-33(43-28)50-21-35(36,37)38)40-16-25-8-12-27(13-9-25)49-18-22/h6-13,24H,1,4-5,14-21H2,2-3H3,(H,39,47)(H,41,46)(H,40,42,43,44). The van der Waals surface area contributed by atoms with Crippen LogP contribution in [0.4, 0.5) is 19.1 Å². The van der Waals surface area contributed by atoms with E-state index in [9.17, 15) is 27.6 Å². The molecule has 12 nitrogen and oxygen atoms in total. The summed E-state index contributed by atoms with van der Waals surface area (Å²) in [4.78, 5) is 53.1. The largest absolute Gasteiger partial charge is 0.489 e. The van der Waals surface area contributed by atoms with Crippen molar-refractivity contribution in [1.82, 2.24) is 30.5 Å². The highest BCUT2D eigenvalue weighted by Crippen LogP contribution is 2.27. The lowest BCUT2D eigenvalue weighted by Crippen LogP contribution is -2.50. The minimum atomic E-state index is -4.58. The van der Waals surface area contributed by atoms with Crippen LogP contribution >= 0.6 is 0 Å². The van der Waals surface area contributed by atoms with Crippen LogP contribution in [0, 0.1) is 11.3 Å². The summed E-state index contributed by atoms with van der Waals surface area (Å²) in [5.74, 6) is -0.582. The van der Waals surface area contributed by atoms with E-state index in [0.29, 0.717) is 34.9 Å². The van der Waals surface area contributed by atoms with Crippen molar-refractivity contribution in [2.75, 3.05) is 44.7 Å². The summed E-state index contributed by atoms with van der Waals surface area (Å²) in [5, 5.41) is 8.65. The highest BCUT2D eigenvalue weighted by molar-refractivity contribution is 6.35. The number of carbonyl (C=O) groups is 3. The van der Waals surface area contributed by atoms with E-state index in [1.165, 1.54) is 4.90 Å². The molecule has 50 heavy (non-hydrogen) atoms. The number of anilines is 1. The van der Waals surface area contributed by atoms with E-state index in [-0.39, 0.29) is 56.9 Å². The number of aromatic nitrogens is 3. The molecule has 4 aliphatic heterocycles. The Kier molecular flexibility index (Phi) is 11.2. The molecule has 5 heterocycles. The van der Waals surface area contributed by atoms with Gasteiger partial charge in [-0.05, 0) is 65.1 Å². The molecule has 1 aliphatic carbocycles. The first kappa shape index (κ1) is 36.1. The van der Waals surface area contributed by atoms with Gasteiger partial charge < -0.3 is 30.3 Å². The average Bonchev–Trinajstić information content (AvgIpc) is 3.91. The number of ether oxygens (including phenoxy) is 2. The predicted molar refractivity (Wildman–Crippen MR) is 177 cm³/mol. The molecular formula is C35H40F3N7O5. The molecule has 1 saturated carbocycles. The molecule has 1 aromatic heterocycles. The van der Waals surface area contributed by atoms with Crippen molar-refractivity contribution in [2.24, 2.45) is 11.3 Å². The summed E-state index contributed by atoms with van der Waals surface area (Å²) < 4.78 is 49.4. The summed E-state index contributed by atoms with van der Waals surface area (Å²) in [6, 6.07) is 13.2. The summed E-state index contributed by atoms with van der Waals surface area (Å²) in [6.07, 6.45) is -2.39. The average molecular weight is 696 g/mol. The lowest BCUT2D eigenvalue weighted by molar-refractivity contribution is -0.154. The van der Waals surface area contributed by atoms with Crippen molar-refractivity contribution in [1.29, 1.82) is 0 Å². The third-order valence-electron chi connectivity index (χ3n) is 7.91. The first-order valence-electron chi connectivity index (χ1n) is 16.2. The first-order chi connectivity index (χ1) is 23.7. The molecule has 3 aromatic rings. The van der Waals surface area contributed by atoms with Gasteiger partial charge in [0.15, 0.2) is 6.61 Å². The third-order valence-corrected chi connectivity index (χ3v) is 7.91. The molecule has 6 bridgehead atoms. The van der Waals surface area contributed by atoms with Gasteiger partial charge in [-0.3, -0.25) is 14.4 Å². The summed E-state index contributed by atoms with van der Waals surface area (Å²) >= 11 is 0. The van der Waals surface area contributed by atoms with Gasteiger partial charge in [0.05, 0.1) is 0 Å². The van der Waals surface area contributed by atoms with E-state index in [1.807, 2.05) is 13.8 Å². The summed E-state index contributed by atoms with van der Waals surface area (Å²) in [6.45, 7) is 7.47. The third kappa shape index (κ3) is 11.2. The zero-order valence-electron chi connectivity index (χ0n) is 27.9. The molecule has 0 spiro atoms. The monoisotopic (exact) mass is 695 g/mol. The van der Waals surface area contributed by atoms with E-state index < -0.39 is 36.0 Å². The Morgan fingerprint density at radius 2 is 1.74 bits per heavy atom. The van der Waals surface area contributed by atoms with Crippen LogP contribution in [-0.2, 0) is 22.6 Å². The van der Waals surface area contributed by atoms with Crippen molar-refractivity contribution >= 4 is 23.7 Å². The van der Waals surface area contributed by atoms with Gasteiger partial charge in [0.25, 0.3) is 5.91 Å². The second kappa shape index (κ2) is 15.6. The molecule has 5 aliphatic rings. The summed E-state index contributed by atoms with van der Waals surface area (Å²) in [5.41, 5.74) is 1.79. The normalized spacial score (nSPS) is 17.2. The second-order valence-corrected chi connectivity index (χ2v) is 13.3. The lowest BCUT2D eigenvalue weighted by Gasteiger charge is -2.33. The number of benzene rings is 2. The molecule has 1 fully saturated rings. The van der Waals surface area contributed by atoms with Gasteiger partial charge in [0.1, 0.15) is 18.2 Å². The number of carbonyl (C=O) groups excluding carboxylic acids is 3. The molecule has 3 N–H and O–H groups in total. The number of amides is 3. The van der Waals surface area contributed by atoms with Crippen LogP contribution in [0.1, 0.15) is 54.0 Å². The van der Waals surface area contributed by atoms with Crippen molar-refractivity contribution in [2.45, 2.75) is 45.8 Å². The fraction of sp³-hybridized carbons (Fsp3) is 0.429. The van der Waals surface area contributed by atoms with Gasteiger partial charge in [-0.2, -0.15) is 28.1 Å². The van der Waals surface area contributed by atoms with E-state index in [2.05, 4.69) is 37.5 Å². The van der Waals surface area contributed by atoms with Crippen LogP contribution in [0.25, 0.3) is 0 Å². The van der Waals surface area contributed by atoms with Gasteiger partial charge in [0, 0.05) is 44.7 Å². The zero-order valence-corrected chi connectivity index (χ0v) is 27.9. The van der Waals surface area contributed by atoms with Crippen molar-refractivity contribution in [3.05, 3.63) is 83.2 Å². The van der Waals surface area contributed by atoms with Gasteiger partial charge in [-0.1, -0.05) is 44.7 Å². The SMILES string of the molecule is C=C1COc2ccc(cc2)CNc2nc(nc(OCC(F)(F)F)n2)Cc2ccc(cc2)C(=O)NCC(C)(C)CN(C(=O)C(=O)NCC2CC2)C1. The topological polar surface area (TPSA) is 148 Å². The van der Waals surface area contributed by atoms with Gasteiger partial charge in [0.2, 0.25) is 5.95 Å². The van der Waals surface area contributed by atoms with Crippen LogP contribution in [0.5, 0.6) is 11.8 Å². The molecule has 266 valence electrons. The summed E-state index contributed by atoms with van der Waals surface area (Å²) in [7, 11) is 0. The Morgan fingerprint density at radius 1 is 1.04 bits per heavy atom. The molecule has 0 atom stereocenters. The highest BCUT2D eigenvalue weighted by Gasteiger charge is 2.31. The van der Waals surface area contributed by atoms with Crippen molar-refractivity contribution in [3.8, 4) is 11.8 Å². The van der Waals surface area contributed by atoms with Crippen LogP contribution in [0.15, 0.2) is 60.7 Å². The van der Waals surface area contributed by atoms with Crippen LogP contribution in [0.2, 0.25) is 0 Å². The number of hydrogen-bond donors (Lipinski definition) is 3. The van der Waals surface area contributed by atoms with E-state index in [4.69, 9.17) is 9.47 Å². The molecule has 0 radical (unpaired) electrons. The van der Waals surface area contributed by atoms with E-state index >= 15 is 0 Å². The molecular weight excluding hydrogens is 655 g/mol. The fourth-order valence-electron chi connectivity index (χ4n) is 5.08. The maximum atomic E-state index is 13.3. The number of rotatable bonds is 4. The van der Waals surface area contributed by atoms with Crippen molar-refractivity contribution < 1.29 is 37.0 Å². The van der Waals surface area contributed by atoms with Gasteiger partial charge in [-0.25, -0.2) is 0 Å². The Labute approximate surface area is 287 Å². The quantitative estimate of drug-likeness (QED) is 0.272. The molecule has 15 heteroatoms. The van der Waals surface area contributed by atoms with Crippen LogP contribution in [0.3, 0.4) is 0 Å². The number of nitrogens with zero attached hydrogens (tertiary/aromatic N) is 4. The van der Waals surface area contributed by atoms with Gasteiger partial charge in [-0.15, -0.1) is 0 Å². The van der Waals surface area contributed by atoms with Crippen LogP contribution in [-0.4, -0.2) is 83.1 Å². The number of hydrogen-bond acceptors (Lipinski definition) is 9. The Morgan fingerprint density at radius 3 is 2.42 bits per heavy atom. The van der Waals surface area contributed by atoms with E-state index in [0.717, 1.165) is 18.4 Å². The van der Waals surface area contributed by atoms with E-state index in [1.54, 1.807) is 48.5 Å². The maximum Gasteiger partial charge on any atom is 0.422 e. The van der Waals surface area contributed by atoms with Crippen LogP contribution < -0.4 is 25.4 Å². The first-order valence-corrected chi connectivity index (χ1v) is 16.2. The molecule has 8 rings (SSSR count). The minimum absolute atomic E-state index is 0.0252. The second-order valence-electron chi connectivity index (χ2n) is 13.3. The zero-order chi connectivity index (χ0) is 35.9. The molecule has 2 aromatic carbocycles. The molecule has 0 saturated heterocycles. The Bertz CT molecular complexity index is 1690. The highest BCUT2D eigenvalue weighted by atomic mass is 19.4. The number of nitrogens with one attached hydrogen (secondary N) is 3. The number of alkyl halides is 3. The maximum absolute atomic E-state index is 13.3. The molecule has 3 amide bonds.